The fraction of sp³-hybridized carbons (Fsp3) is 0.0833. The number of benzene rings is 1. The Morgan fingerprint density at radius 1 is 1.50 bits per heavy atom. The first-order valence-corrected chi connectivity index (χ1v) is 5.37. The van der Waals surface area contributed by atoms with E-state index in [4.69, 9.17) is 21.1 Å². The van der Waals surface area contributed by atoms with E-state index in [0.717, 1.165) is 17.7 Å². The van der Waals surface area contributed by atoms with Gasteiger partial charge in [0.25, 0.3) is 0 Å². The SMILES string of the molecule is Cc1cc(Cl)cc2c(=O)oc(C=CC(=O)O)nc12. The Kier molecular flexibility index (Phi) is 3.16. The minimum Gasteiger partial charge on any atom is -0.478 e. The summed E-state index contributed by atoms with van der Waals surface area (Å²) in [6.45, 7) is 1.76. The maximum atomic E-state index is 11.7. The van der Waals surface area contributed by atoms with Crippen molar-refractivity contribution < 1.29 is 14.3 Å². The van der Waals surface area contributed by atoms with Gasteiger partial charge >= 0.3 is 11.6 Å². The fourth-order valence-corrected chi connectivity index (χ4v) is 1.81. The van der Waals surface area contributed by atoms with Gasteiger partial charge < -0.3 is 9.52 Å². The van der Waals surface area contributed by atoms with Gasteiger partial charge in [-0.05, 0) is 24.6 Å². The minimum atomic E-state index is -1.15. The number of hydrogen-bond donors (Lipinski definition) is 1. The summed E-state index contributed by atoms with van der Waals surface area (Å²) in [5.74, 6) is -1.20. The summed E-state index contributed by atoms with van der Waals surface area (Å²) in [7, 11) is 0. The molecule has 0 spiro atoms. The van der Waals surface area contributed by atoms with Crippen molar-refractivity contribution in [3.05, 3.63) is 45.1 Å². The Balaban J connectivity index is 2.69. The molecular weight excluding hydrogens is 258 g/mol. The molecule has 6 heteroatoms. The molecule has 5 nitrogen and oxygen atoms in total. The highest BCUT2D eigenvalue weighted by Gasteiger charge is 2.08. The van der Waals surface area contributed by atoms with E-state index in [9.17, 15) is 9.59 Å². The first-order chi connectivity index (χ1) is 8.47. The monoisotopic (exact) mass is 265 g/mol. The maximum absolute atomic E-state index is 11.7. The zero-order valence-electron chi connectivity index (χ0n) is 9.31. The molecule has 0 saturated carbocycles. The maximum Gasteiger partial charge on any atom is 0.347 e. The zero-order valence-corrected chi connectivity index (χ0v) is 10.1. The predicted octanol–water partition coefficient (Wildman–Crippen LogP) is 2.25. The molecule has 0 aliphatic rings. The van der Waals surface area contributed by atoms with Crippen LogP contribution in [0.15, 0.2) is 27.4 Å². The summed E-state index contributed by atoms with van der Waals surface area (Å²) in [4.78, 5) is 26.2. The lowest BCUT2D eigenvalue weighted by atomic mass is 10.1. The standard InChI is InChI=1S/C12H8ClNO4/c1-6-4-7(13)5-8-11(6)14-9(18-12(8)17)2-3-10(15)16/h2-5H,1H3,(H,15,16). The van der Waals surface area contributed by atoms with Crippen LogP contribution in [0.3, 0.4) is 0 Å². The molecule has 1 heterocycles. The number of nitrogens with zero attached hydrogens (tertiary/aromatic N) is 1. The van der Waals surface area contributed by atoms with Crippen molar-refractivity contribution in [3.63, 3.8) is 0 Å². The molecule has 0 fully saturated rings. The van der Waals surface area contributed by atoms with Crippen LogP contribution in [-0.4, -0.2) is 16.1 Å². The van der Waals surface area contributed by atoms with Gasteiger partial charge in [-0.3, -0.25) is 0 Å². The second-order valence-corrected chi connectivity index (χ2v) is 4.07. The van der Waals surface area contributed by atoms with E-state index >= 15 is 0 Å². The van der Waals surface area contributed by atoms with E-state index in [-0.39, 0.29) is 11.3 Å². The number of aliphatic carboxylic acids is 1. The molecule has 1 aromatic carbocycles. The van der Waals surface area contributed by atoms with Crippen LogP contribution in [0.2, 0.25) is 5.02 Å². The molecule has 0 radical (unpaired) electrons. The molecule has 2 aromatic rings. The summed E-state index contributed by atoms with van der Waals surface area (Å²) < 4.78 is 4.88. The fourth-order valence-electron chi connectivity index (χ4n) is 1.54. The van der Waals surface area contributed by atoms with E-state index in [1.807, 2.05) is 0 Å². The Morgan fingerprint density at radius 2 is 2.22 bits per heavy atom. The molecule has 0 aliphatic heterocycles. The van der Waals surface area contributed by atoms with E-state index in [1.54, 1.807) is 13.0 Å². The molecule has 18 heavy (non-hydrogen) atoms. The second kappa shape index (κ2) is 4.62. The van der Waals surface area contributed by atoms with E-state index in [1.165, 1.54) is 6.07 Å². The first kappa shape index (κ1) is 12.3. The van der Waals surface area contributed by atoms with Gasteiger partial charge in [-0.25, -0.2) is 14.6 Å². The van der Waals surface area contributed by atoms with Crippen LogP contribution in [0, 0.1) is 6.92 Å². The summed E-state index contributed by atoms with van der Waals surface area (Å²) in [6.07, 6.45) is 1.97. The smallest absolute Gasteiger partial charge is 0.347 e. The van der Waals surface area contributed by atoms with Crippen molar-refractivity contribution in [1.29, 1.82) is 0 Å². The molecule has 0 unspecified atom stereocenters. The van der Waals surface area contributed by atoms with Gasteiger partial charge in [0, 0.05) is 17.2 Å². The van der Waals surface area contributed by atoms with Crippen molar-refractivity contribution >= 4 is 34.5 Å². The number of fused-ring (bicyclic) bond motifs is 1. The summed E-state index contributed by atoms with van der Waals surface area (Å²) in [6, 6.07) is 3.13. The van der Waals surface area contributed by atoms with Gasteiger partial charge in [0.1, 0.15) is 0 Å². The van der Waals surface area contributed by atoms with Gasteiger partial charge in [-0.15, -0.1) is 0 Å². The summed E-state index contributed by atoms with van der Waals surface area (Å²) >= 11 is 5.84. The minimum absolute atomic E-state index is 0.0553. The average molecular weight is 266 g/mol. The number of aromatic nitrogens is 1. The highest BCUT2D eigenvalue weighted by molar-refractivity contribution is 6.31. The van der Waals surface area contributed by atoms with Crippen LogP contribution in [0.25, 0.3) is 17.0 Å². The molecule has 92 valence electrons. The highest BCUT2D eigenvalue weighted by Crippen LogP contribution is 2.20. The Bertz CT molecular complexity index is 718. The third kappa shape index (κ3) is 2.41. The third-order valence-electron chi connectivity index (χ3n) is 2.27. The topological polar surface area (TPSA) is 80.4 Å². The molecule has 2 rings (SSSR count). The number of halogens is 1. The number of carboxylic acid groups (broad SMARTS) is 1. The van der Waals surface area contributed by atoms with Crippen LogP contribution in [0.4, 0.5) is 0 Å². The van der Waals surface area contributed by atoms with Gasteiger partial charge in [0.05, 0.1) is 10.9 Å². The van der Waals surface area contributed by atoms with Crippen molar-refractivity contribution in [3.8, 4) is 0 Å². The van der Waals surface area contributed by atoms with E-state index in [0.29, 0.717) is 10.5 Å². The van der Waals surface area contributed by atoms with Crippen LogP contribution in [0.5, 0.6) is 0 Å². The molecule has 1 aromatic heterocycles. The molecule has 0 atom stereocenters. The van der Waals surface area contributed by atoms with Crippen molar-refractivity contribution in [2.75, 3.05) is 0 Å². The lowest BCUT2D eigenvalue weighted by Gasteiger charge is -2.01. The highest BCUT2D eigenvalue weighted by atomic mass is 35.5. The average Bonchev–Trinajstić information content (AvgIpc) is 2.28. The Morgan fingerprint density at radius 3 is 2.89 bits per heavy atom. The number of hydrogen-bond acceptors (Lipinski definition) is 4. The quantitative estimate of drug-likeness (QED) is 0.842. The van der Waals surface area contributed by atoms with Crippen molar-refractivity contribution in [2.45, 2.75) is 6.92 Å². The van der Waals surface area contributed by atoms with Gasteiger partial charge in [-0.1, -0.05) is 11.6 Å². The number of carboxylic acids is 1. The van der Waals surface area contributed by atoms with Crippen molar-refractivity contribution in [1.82, 2.24) is 4.98 Å². The van der Waals surface area contributed by atoms with Gasteiger partial charge in [0.15, 0.2) is 0 Å². The summed E-state index contributed by atoms with van der Waals surface area (Å²) in [5, 5.41) is 9.19. The third-order valence-corrected chi connectivity index (χ3v) is 2.49. The number of carbonyl (C=O) groups is 1. The molecule has 1 N–H and O–H groups in total. The number of aryl methyl sites for hydroxylation is 1. The van der Waals surface area contributed by atoms with Gasteiger partial charge in [0.2, 0.25) is 5.89 Å². The van der Waals surface area contributed by atoms with Gasteiger partial charge in [-0.2, -0.15) is 0 Å². The normalized spacial score (nSPS) is 11.2. The van der Waals surface area contributed by atoms with E-state index in [2.05, 4.69) is 4.98 Å². The van der Waals surface area contributed by atoms with Crippen LogP contribution < -0.4 is 5.63 Å². The lowest BCUT2D eigenvalue weighted by molar-refractivity contribution is -0.131. The Labute approximate surface area is 106 Å². The van der Waals surface area contributed by atoms with E-state index < -0.39 is 11.6 Å². The second-order valence-electron chi connectivity index (χ2n) is 3.63. The molecule has 0 bridgehead atoms. The van der Waals surface area contributed by atoms with Crippen LogP contribution >= 0.6 is 11.6 Å². The first-order valence-electron chi connectivity index (χ1n) is 4.99. The van der Waals surface area contributed by atoms with Crippen LogP contribution in [0.1, 0.15) is 11.5 Å². The molecule has 0 amide bonds. The Hall–Kier alpha value is -2.14. The lowest BCUT2D eigenvalue weighted by Crippen LogP contribution is -2.04. The largest absolute Gasteiger partial charge is 0.478 e. The summed E-state index contributed by atoms with van der Waals surface area (Å²) in [5.41, 5.74) is 0.562. The van der Waals surface area contributed by atoms with Crippen LogP contribution in [-0.2, 0) is 4.79 Å². The van der Waals surface area contributed by atoms with Crippen molar-refractivity contribution in [2.24, 2.45) is 0 Å². The predicted molar refractivity (Wildman–Crippen MR) is 66.7 cm³/mol. The number of rotatable bonds is 2. The molecule has 0 aliphatic carbocycles. The molecular formula is C12H8ClNO4. The zero-order chi connectivity index (χ0) is 13.3. The molecule has 0 saturated heterocycles.